The number of hydrazine groups is 1. The Morgan fingerprint density at radius 2 is 1.86 bits per heavy atom. The molecule has 0 bridgehead atoms. The van der Waals surface area contributed by atoms with Crippen LogP contribution in [0.3, 0.4) is 0 Å². The van der Waals surface area contributed by atoms with Gasteiger partial charge in [0.15, 0.2) is 0 Å². The van der Waals surface area contributed by atoms with Crippen molar-refractivity contribution < 1.29 is 9.84 Å². The molecule has 1 aromatic rings. The van der Waals surface area contributed by atoms with E-state index in [9.17, 15) is 5.11 Å². The van der Waals surface area contributed by atoms with E-state index in [4.69, 9.17) is 10.6 Å². The predicted molar refractivity (Wildman–Crippen MR) is 79.9 cm³/mol. The van der Waals surface area contributed by atoms with Gasteiger partial charge in [0.05, 0.1) is 18.2 Å². The molecule has 1 saturated carbocycles. The van der Waals surface area contributed by atoms with Gasteiger partial charge in [-0.05, 0) is 26.7 Å². The average Bonchev–Trinajstić information content (AvgIpc) is 2.63. The Kier molecular flexibility index (Phi) is 5.51. The Labute approximate surface area is 124 Å². The molecule has 1 fully saturated rings. The van der Waals surface area contributed by atoms with Crippen molar-refractivity contribution in [1.82, 2.24) is 15.0 Å². The lowest BCUT2D eigenvalue weighted by atomic mass is 10.1. The minimum atomic E-state index is -0.395. The van der Waals surface area contributed by atoms with Crippen LogP contribution in [-0.4, -0.2) is 38.3 Å². The summed E-state index contributed by atoms with van der Waals surface area (Å²) in [5, 5.41) is 13.3. The zero-order valence-corrected chi connectivity index (χ0v) is 12.5. The van der Waals surface area contributed by atoms with Crippen LogP contribution in [0, 0.1) is 0 Å². The molecule has 1 heterocycles. The number of aromatic nitrogens is 3. The second-order valence-electron chi connectivity index (χ2n) is 5.53. The summed E-state index contributed by atoms with van der Waals surface area (Å²) < 4.78 is 5.48. The van der Waals surface area contributed by atoms with Crippen LogP contribution >= 0.6 is 0 Å². The van der Waals surface area contributed by atoms with Crippen molar-refractivity contribution in [3.8, 4) is 6.01 Å². The van der Waals surface area contributed by atoms with E-state index >= 15 is 0 Å². The van der Waals surface area contributed by atoms with Crippen LogP contribution in [0.5, 0.6) is 6.01 Å². The monoisotopic (exact) mass is 296 g/mol. The average molecular weight is 296 g/mol. The van der Waals surface area contributed by atoms with Crippen molar-refractivity contribution in [2.24, 2.45) is 5.84 Å². The van der Waals surface area contributed by atoms with Gasteiger partial charge in [-0.15, -0.1) is 0 Å². The first-order valence-electron chi connectivity index (χ1n) is 7.42. The molecule has 5 N–H and O–H groups in total. The molecule has 2 unspecified atom stereocenters. The fourth-order valence-corrected chi connectivity index (χ4v) is 2.37. The molecular weight excluding hydrogens is 272 g/mol. The van der Waals surface area contributed by atoms with Gasteiger partial charge in [-0.2, -0.15) is 15.0 Å². The first kappa shape index (κ1) is 15.7. The lowest BCUT2D eigenvalue weighted by Gasteiger charge is -2.22. The number of hydrogen-bond acceptors (Lipinski definition) is 8. The van der Waals surface area contributed by atoms with Gasteiger partial charge in [0, 0.05) is 0 Å². The van der Waals surface area contributed by atoms with Crippen molar-refractivity contribution in [3.05, 3.63) is 0 Å². The second kappa shape index (κ2) is 7.37. The van der Waals surface area contributed by atoms with Crippen LogP contribution in [0.25, 0.3) is 0 Å². The molecule has 2 atom stereocenters. The third-order valence-electron chi connectivity index (χ3n) is 3.38. The minimum Gasteiger partial charge on any atom is -0.461 e. The molecule has 0 aromatic carbocycles. The molecule has 0 saturated heterocycles. The largest absolute Gasteiger partial charge is 0.461 e. The highest BCUT2D eigenvalue weighted by molar-refractivity contribution is 5.36. The normalized spacial score (nSPS) is 22.7. The molecule has 21 heavy (non-hydrogen) atoms. The zero-order chi connectivity index (χ0) is 15.2. The van der Waals surface area contributed by atoms with E-state index in [1.54, 1.807) is 0 Å². The highest BCUT2D eigenvalue weighted by atomic mass is 16.5. The van der Waals surface area contributed by atoms with Gasteiger partial charge in [0.25, 0.3) is 0 Å². The third-order valence-corrected chi connectivity index (χ3v) is 3.38. The molecule has 0 amide bonds. The number of aliphatic hydroxyl groups excluding tert-OH is 1. The van der Waals surface area contributed by atoms with E-state index in [-0.39, 0.29) is 24.1 Å². The Balaban J connectivity index is 2.13. The Morgan fingerprint density at radius 1 is 1.14 bits per heavy atom. The minimum absolute atomic E-state index is 0.0469. The van der Waals surface area contributed by atoms with Crippen molar-refractivity contribution in [3.63, 3.8) is 0 Å². The highest BCUT2D eigenvalue weighted by Gasteiger charge is 2.22. The van der Waals surface area contributed by atoms with Crippen molar-refractivity contribution in [2.45, 2.75) is 64.2 Å². The van der Waals surface area contributed by atoms with Gasteiger partial charge < -0.3 is 15.2 Å². The number of nitrogens with two attached hydrogens (primary N) is 1. The van der Waals surface area contributed by atoms with E-state index in [0.717, 1.165) is 32.1 Å². The lowest BCUT2D eigenvalue weighted by molar-refractivity contribution is 0.144. The molecule has 118 valence electrons. The topological polar surface area (TPSA) is 118 Å². The number of hydrogen-bond donors (Lipinski definition) is 4. The van der Waals surface area contributed by atoms with Crippen LogP contribution in [0.2, 0.25) is 0 Å². The zero-order valence-electron chi connectivity index (χ0n) is 12.5. The molecule has 1 aromatic heterocycles. The Hall–Kier alpha value is -1.67. The lowest BCUT2D eigenvalue weighted by Crippen LogP contribution is -2.33. The number of nitrogens with zero attached hydrogens (tertiary/aromatic N) is 3. The van der Waals surface area contributed by atoms with Crippen LogP contribution in [0.4, 0.5) is 11.9 Å². The fourth-order valence-electron chi connectivity index (χ4n) is 2.37. The SMILES string of the molecule is CC(C)Oc1nc(NN)nc(NC2CCCCCC2O)n1. The van der Waals surface area contributed by atoms with Gasteiger partial charge in [0.1, 0.15) is 0 Å². The number of nitrogens with one attached hydrogen (secondary N) is 2. The van der Waals surface area contributed by atoms with Gasteiger partial charge in [-0.1, -0.05) is 19.3 Å². The Morgan fingerprint density at radius 3 is 2.57 bits per heavy atom. The second-order valence-corrected chi connectivity index (χ2v) is 5.53. The summed E-state index contributed by atoms with van der Waals surface area (Å²) in [6.45, 7) is 3.78. The van der Waals surface area contributed by atoms with E-state index in [0.29, 0.717) is 5.95 Å². The van der Waals surface area contributed by atoms with Crippen molar-refractivity contribution >= 4 is 11.9 Å². The highest BCUT2D eigenvalue weighted by Crippen LogP contribution is 2.21. The smallest absolute Gasteiger partial charge is 0.323 e. The molecule has 8 heteroatoms. The van der Waals surface area contributed by atoms with Gasteiger partial charge in [0.2, 0.25) is 11.9 Å². The number of nitrogen functional groups attached to an aromatic ring is 1. The Bertz CT molecular complexity index is 456. The maximum Gasteiger partial charge on any atom is 0.323 e. The van der Waals surface area contributed by atoms with E-state index < -0.39 is 6.10 Å². The summed E-state index contributed by atoms with van der Waals surface area (Å²) in [5.74, 6) is 5.96. The van der Waals surface area contributed by atoms with Crippen LogP contribution in [0.1, 0.15) is 46.0 Å². The van der Waals surface area contributed by atoms with Crippen molar-refractivity contribution in [1.29, 1.82) is 0 Å². The summed E-state index contributed by atoms with van der Waals surface area (Å²) in [6.07, 6.45) is 4.51. The number of anilines is 2. The molecule has 0 spiro atoms. The standard InChI is InChI=1S/C13H24N6O2/c1-8(2)21-13-17-11(16-12(18-13)19-14)15-9-6-4-3-5-7-10(9)20/h8-10,20H,3-7,14H2,1-2H3,(H2,15,16,17,18,19). The van der Waals surface area contributed by atoms with E-state index in [2.05, 4.69) is 25.7 Å². The summed E-state index contributed by atoms with van der Waals surface area (Å²) in [5.41, 5.74) is 2.40. The maximum absolute atomic E-state index is 10.1. The van der Waals surface area contributed by atoms with Crippen LogP contribution < -0.4 is 21.3 Å². The fraction of sp³-hybridized carbons (Fsp3) is 0.769. The molecule has 1 aliphatic rings. The summed E-state index contributed by atoms with van der Waals surface area (Å²) >= 11 is 0. The molecule has 1 aliphatic carbocycles. The summed E-state index contributed by atoms with van der Waals surface area (Å²) in [4.78, 5) is 12.4. The third kappa shape index (κ3) is 4.68. The first-order chi connectivity index (χ1) is 10.1. The van der Waals surface area contributed by atoms with Gasteiger partial charge in [-0.25, -0.2) is 5.84 Å². The van der Waals surface area contributed by atoms with Crippen LogP contribution in [-0.2, 0) is 0 Å². The summed E-state index contributed by atoms with van der Waals surface area (Å²) in [7, 11) is 0. The van der Waals surface area contributed by atoms with Gasteiger partial charge in [-0.3, -0.25) is 5.43 Å². The molecule has 0 aliphatic heterocycles. The number of rotatable bonds is 5. The quantitative estimate of drug-likeness (QED) is 0.362. The molecule has 2 rings (SSSR count). The molecule has 0 radical (unpaired) electrons. The maximum atomic E-state index is 10.1. The predicted octanol–water partition coefficient (Wildman–Crippen LogP) is 1.05. The summed E-state index contributed by atoms with van der Waals surface area (Å²) in [6, 6.07) is 0.144. The molecular formula is C13H24N6O2. The first-order valence-corrected chi connectivity index (χ1v) is 7.42. The van der Waals surface area contributed by atoms with Crippen molar-refractivity contribution in [2.75, 3.05) is 10.7 Å². The van der Waals surface area contributed by atoms with E-state index in [1.165, 1.54) is 0 Å². The van der Waals surface area contributed by atoms with Gasteiger partial charge >= 0.3 is 6.01 Å². The number of ether oxygens (including phenoxy) is 1. The van der Waals surface area contributed by atoms with Crippen LogP contribution in [0.15, 0.2) is 0 Å². The molecule has 8 nitrogen and oxygen atoms in total. The van der Waals surface area contributed by atoms with E-state index in [1.807, 2.05) is 13.8 Å². The number of aliphatic hydroxyl groups is 1.